The number of halogens is 1. The summed E-state index contributed by atoms with van der Waals surface area (Å²) in [6.45, 7) is 1.64. The summed E-state index contributed by atoms with van der Waals surface area (Å²) in [5.41, 5.74) is -0.461. The molecule has 4 heterocycles. The maximum Gasteiger partial charge on any atom is 0.313 e. The molecule has 48 heavy (non-hydrogen) atoms. The zero-order valence-electron chi connectivity index (χ0n) is 26.9. The molecule has 0 saturated carbocycles. The van der Waals surface area contributed by atoms with Crippen LogP contribution in [-0.4, -0.2) is 90.4 Å². The van der Waals surface area contributed by atoms with Crippen molar-refractivity contribution in [1.29, 1.82) is 0 Å². The number of benzene rings is 2. The molecule has 2 saturated heterocycles. The first kappa shape index (κ1) is 33.9. The number of carbonyl (C=O) groups is 4. The van der Waals surface area contributed by atoms with E-state index in [1.807, 2.05) is 13.0 Å². The highest BCUT2D eigenvalue weighted by Crippen LogP contribution is 2.54. The van der Waals surface area contributed by atoms with Gasteiger partial charge in [-0.15, -0.1) is 0 Å². The first-order valence-electron chi connectivity index (χ1n) is 16.3. The maximum atomic E-state index is 14.7. The lowest BCUT2D eigenvalue weighted by molar-refractivity contribution is -0.162. The number of esters is 1. The van der Waals surface area contributed by atoms with E-state index in [1.54, 1.807) is 72.8 Å². The molecule has 0 aromatic heterocycles. The van der Waals surface area contributed by atoms with E-state index in [0.717, 1.165) is 0 Å². The molecule has 2 aromatic rings. The van der Waals surface area contributed by atoms with E-state index >= 15 is 0 Å². The summed E-state index contributed by atoms with van der Waals surface area (Å²) in [5, 5.41) is 13.8. The molecular formula is C36H40ClN3O8. The van der Waals surface area contributed by atoms with Crippen molar-refractivity contribution in [2.75, 3.05) is 31.8 Å². The molecule has 2 aromatic carbocycles. The molecule has 0 aliphatic carbocycles. The van der Waals surface area contributed by atoms with Crippen LogP contribution in [0.4, 0.5) is 5.69 Å². The fourth-order valence-electron chi connectivity index (χ4n) is 7.52. The van der Waals surface area contributed by atoms with Crippen LogP contribution < -0.4 is 10.2 Å². The number of hydrogen-bond acceptors (Lipinski definition) is 8. The Kier molecular flexibility index (Phi) is 10.0. The molecule has 2 fully saturated rings. The molecule has 0 radical (unpaired) electrons. The summed E-state index contributed by atoms with van der Waals surface area (Å²) in [6.07, 6.45) is 5.89. The second-order valence-corrected chi connectivity index (χ2v) is 12.9. The number of fused-ring (bicyclic) bond motifs is 2. The van der Waals surface area contributed by atoms with Gasteiger partial charge in [0.1, 0.15) is 23.7 Å². The highest BCUT2D eigenvalue weighted by atomic mass is 35.5. The van der Waals surface area contributed by atoms with Crippen LogP contribution in [0, 0.1) is 11.8 Å². The van der Waals surface area contributed by atoms with Gasteiger partial charge in [0.2, 0.25) is 11.8 Å². The number of cyclic esters (lactones) is 1. The highest BCUT2D eigenvalue weighted by molar-refractivity contribution is 6.34. The fourth-order valence-corrected chi connectivity index (χ4v) is 7.76. The molecule has 1 spiro atoms. The number of ether oxygens (including phenoxy) is 3. The number of nitrogens with one attached hydrogen (secondary N) is 1. The van der Waals surface area contributed by atoms with Crippen molar-refractivity contribution in [3.63, 3.8) is 0 Å². The van der Waals surface area contributed by atoms with E-state index in [-0.39, 0.29) is 25.5 Å². The topological polar surface area (TPSA) is 135 Å². The van der Waals surface area contributed by atoms with E-state index in [0.29, 0.717) is 29.1 Å². The van der Waals surface area contributed by atoms with Crippen LogP contribution in [0.15, 0.2) is 78.9 Å². The van der Waals surface area contributed by atoms with Gasteiger partial charge in [-0.25, -0.2) is 0 Å². The third-order valence-electron chi connectivity index (χ3n) is 9.72. The number of carbonyl (C=O) groups excluding carboxylic acids is 4. The molecule has 3 amide bonds. The number of anilines is 1. The predicted molar refractivity (Wildman–Crippen MR) is 177 cm³/mol. The number of para-hydroxylation sites is 1. The van der Waals surface area contributed by atoms with Crippen LogP contribution in [0.3, 0.4) is 0 Å². The van der Waals surface area contributed by atoms with Crippen LogP contribution in [0.5, 0.6) is 0 Å². The molecule has 0 bridgehead atoms. The normalized spacial score (nSPS) is 31.8. The molecule has 2 N–H and O–H groups in total. The van der Waals surface area contributed by atoms with Crippen LogP contribution >= 0.6 is 11.6 Å². The standard InChI is InChI=1S/C36H40ClN3O8/c1-3-23(20-41)40-32-34(44)39(26-15-8-7-14-24(26)37)19-11-18-36(32)30(33(40)43)29-27(48-36)16-9-10-17-28(42)38-25(21-46-2)31(47-35(29)45)22-12-5-4-6-13-22/h4-9,11-16,18,23,25,27,29-32,41H,3,10,17,19-21H2,1-2H3,(H,38,42)/b16-9-/t23-,25-,27-,29+,30+,31-,32-,36+/m0/s1. The third-order valence-corrected chi connectivity index (χ3v) is 10.0. The van der Waals surface area contributed by atoms with Gasteiger partial charge in [0.15, 0.2) is 0 Å². The zero-order valence-corrected chi connectivity index (χ0v) is 27.6. The molecule has 11 nitrogen and oxygen atoms in total. The van der Waals surface area contributed by atoms with Gasteiger partial charge in [-0.05, 0) is 30.5 Å². The smallest absolute Gasteiger partial charge is 0.313 e. The maximum absolute atomic E-state index is 14.7. The SMILES string of the molecule is CC[C@@H](CO)N1C(=O)[C@H]2[C@@H]3C(=O)O[C@@H](c4ccccc4)[C@H](COC)NC(=O)CC/C=C\[C@@H]3O[C@]23C=CCN(c2ccccc2Cl)C(=O)[C@H]13. The molecule has 4 aliphatic heterocycles. The predicted octanol–water partition coefficient (Wildman–Crippen LogP) is 3.36. The summed E-state index contributed by atoms with van der Waals surface area (Å²) in [5.74, 6) is -4.17. The van der Waals surface area contributed by atoms with E-state index in [2.05, 4.69) is 5.32 Å². The van der Waals surface area contributed by atoms with Gasteiger partial charge < -0.3 is 34.4 Å². The van der Waals surface area contributed by atoms with Gasteiger partial charge in [0.05, 0.1) is 48.0 Å². The number of methoxy groups -OCH3 is 1. The molecule has 254 valence electrons. The number of hydrogen-bond donors (Lipinski definition) is 2. The van der Waals surface area contributed by atoms with Gasteiger partial charge in [0.25, 0.3) is 5.91 Å². The minimum atomic E-state index is -1.56. The molecular weight excluding hydrogens is 638 g/mol. The van der Waals surface area contributed by atoms with Crippen LogP contribution in [0.2, 0.25) is 5.02 Å². The van der Waals surface area contributed by atoms with Crippen molar-refractivity contribution >= 4 is 41.0 Å². The minimum Gasteiger partial charge on any atom is -0.455 e. The Hall–Kier alpha value is -4.03. The summed E-state index contributed by atoms with van der Waals surface area (Å²) in [4.78, 5) is 59.8. The Balaban J connectivity index is 1.47. The first-order chi connectivity index (χ1) is 23.2. The number of aliphatic hydroxyl groups excluding tert-OH is 1. The number of nitrogens with zero attached hydrogens (tertiary/aromatic N) is 2. The van der Waals surface area contributed by atoms with Crippen molar-refractivity contribution in [2.24, 2.45) is 11.8 Å². The van der Waals surface area contributed by atoms with Crippen molar-refractivity contribution in [3.05, 3.63) is 89.5 Å². The monoisotopic (exact) mass is 677 g/mol. The number of amides is 3. The van der Waals surface area contributed by atoms with Crippen LogP contribution in [-0.2, 0) is 33.4 Å². The Morgan fingerprint density at radius 3 is 2.52 bits per heavy atom. The highest BCUT2D eigenvalue weighted by Gasteiger charge is 2.72. The van der Waals surface area contributed by atoms with E-state index in [4.69, 9.17) is 25.8 Å². The Morgan fingerprint density at radius 2 is 1.81 bits per heavy atom. The van der Waals surface area contributed by atoms with Crippen molar-refractivity contribution in [1.82, 2.24) is 10.2 Å². The summed E-state index contributed by atoms with van der Waals surface area (Å²) in [7, 11) is 1.50. The molecule has 4 aliphatic rings. The van der Waals surface area contributed by atoms with Gasteiger partial charge in [-0.3, -0.25) is 19.2 Å². The van der Waals surface area contributed by atoms with Gasteiger partial charge in [-0.2, -0.15) is 0 Å². The molecule has 12 heteroatoms. The van der Waals surface area contributed by atoms with Crippen molar-refractivity contribution in [2.45, 2.75) is 62.1 Å². The van der Waals surface area contributed by atoms with Gasteiger partial charge >= 0.3 is 5.97 Å². The Labute approximate surface area is 284 Å². The fraction of sp³-hybridized carbons (Fsp3) is 0.444. The summed E-state index contributed by atoms with van der Waals surface area (Å²) in [6, 6.07) is 13.3. The number of allylic oxidation sites excluding steroid dienone is 1. The quantitative estimate of drug-likeness (QED) is 0.337. The van der Waals surface area contributed by atoms with Crippen molar-refractivity contribution < 1.29 is 38.5 Å². The van der Waals surface area contributed by atoms with E-state index < -0.39 is 72.2 Å². The zero-order chi connectivity index (χ0) is 34.0. The second-order valence-electron chi connectivity index (χ2n) is 12.5. The number of aliphatic hydroxyl groups is 1. The first-order valence-corrected chi connectivity index (χ1v) is 16.7. The average molecular weight is 678 g/mol. The van der Waals surface area contributed by atoms with Crippen LogP contribution in [0.25, 0.3) is 0 Å². The molecule has 0 unspecified atom stereocenters. The third kappa shape index (κ3) is 5.93. The lowest BCUT2D eigenvalue weighted by Gasteiger charge is -2.38. The van der Waals surface area contributed by atoms with Crippen LogP contribution in [0.1, 0.15) is 37.9 Å². The summed E-state index contributed by atoms with van der Waals surface area (Å²) >= 11 is 6.55. The molecule has 8 atom stereocenters. The summed E-state index contributed by atoms with van der Waals surface area (Å²) < 4.78 is 18.5. The Bertz CT molecular complexity index is 1600. The van der Waals surface area contributed by atoms with E-state index in [1.165, 1.54) is 16.9 Å². The van der Waals surface area contributed by atoms with Crippen molar-refractivity contribution in [3.8, 4) is 0 Å². The number of likely N-dealkylation sites (tertiary alicyclic amines) is 1. The average Bonchev–Trinajstić information content (AvgIpc) is 3.47. The lowest BCUT2D eigenvalue weighted by atomic mass is 9.77. The lowest BCUT2D eigenvalue weighted by Crippen LogP contribution is -2.58. The van der Waals surface area contributed by atoms with Gasteiger partial charge in [-0.1, -0.05) is 85.3 Å². The van der Waals surface area contributed by atoms with Gasteiger partial charge in [0, 0.05) is 20.1 Å². The molecule has 6 rings (SSSR count). The number of rotatable bonds is 7. The Morgan fingerprint density at radius 1 is 1.06 bits per heavy atom. The van der Waals surface area contributed by atoms with E-state index in [9.17, 15) is 24.3 Å². The largest absolute Gasteiger partial charge is 0.455 e. The second kappa shape index (κ2) is 14.2. The minimum absolute atomic E-state index is 0.0605.